The molecule has 0 saturated carbocycles. The fraction of sp³-hybridized carbons (Fsp3) is 0.471. The Kier molecular flexibility index (Phi) is 4.25. The number of aromatic nitrogens is 2. The van der Waals surface area contributed by atoms with Gasteiger partial charge in [-0.25, -0.2) is 4.98 Å². The fourth-order valence-corrected chi connectivity index (χ4v) is 3.09. The van der Waals surface area contributed by atoms with E-state index < -0.39 is 0 Å². The van der Waals surface area contributed by atoms with Gasteiger partial charge in [-0.2, -0.15) is 0 Å². The molecule has 1 aromatic heterocycles. The van der Waals surface area contributed by atoms with Crippen LogP contribution in [0.3, 0.4) is 0 Å². The summed E-state index contributed by atoms with van der Waals surface area (Å²) in [6.45, 7) is 3.68. The zero-order valence-corrected chi connectivity index (χ0v) is 12.8. The van der Waals surface area contributed by atoms with Crippen LogP contribution in [0.2, 0.25) is 0 Å². The quantitative estimate of drug-likeness (QED) is 0.918. The topological polar surface area (TPSA) is 39.1 Å². The summed E-state index contributed by atoms with van der Waals surface area (Å²) in [5, 5.41) is 3.57. The lowest BCUT2D eigenvalue weighted by atomic mass is 9.87. The molecule has 3 rings (SSSR count). The zero-order valence-electron chi connectivity index (χ0n) is 12.8. The van der Waals surface area contributed by atoms with Gasteiger partial charge in [-0.05, 0) is 43.0 Å². The summed E-state index contributed by atoms with van der Waals surface area (Å²) in [5.41, 5.74) is 2.77. The summed E-state index contributed by atoms with van der Waals surface area (Å²) >= 11 is 0. The third kappa shape index (κ3) is 2.95. The molecule has 0 spiro atoms. The van der Waals surface area contributed by atoms with Gasteiger partial charge in [0.2, 0.25) is 0 Å². The van der Waals surface area contributed by atoms with E-state index in [1.807, 2.05) is 17.8 Å². The molecule has 2 aromatic rings. The Bertz CT molecular complexity index is 606. The first-order chi connectivity index (χ1) is 10.3. The van der Waals surface area contributed by atoms with Crippen LogP contribution in [0.25, 0.3) is 0 Å². The Morgan fingerprint density at radius 1 is 1.43 bits per heavy atom. The van der Waals surface area contributed by atoms with E-state index >= 15 is 0 Å². The lowest BCUT2D eigenvalue weighted by Gasteiger charge is -2.27. The van der Waals surface area contributed by atoms with Crippen molar-refractivity contribution >= 4 is 0 Å². The van der Waals surface area contributed by atoms with Gasteiger partial charge in [0.1, 0.15) is 18.2 Å². The van der Waals surface area contributed by atoms with E-state index in [2.05, 4.69) is 35.4 Å². The van der Waals surface area contributed by atoms with E-state index in [9.17, 15) is 0 Å². The molecule has 0 radical (unpaired) electrons. The molecular weight excluding hydrogens is 262 g/mol. The average Bonchev–Trinajstić information content (AvgIpc) is 2.91. The third-order valence-electron chi connectivity index (χ3n) is 4.19. The number of imidazole rings is 1. The molecule has 4 nitrogen and oxygen atoms in total. The van der Waals surface area contributed by atoms with Gasteiger partial charge in [-0.3, -0.25) is 0 Å². The zero-order chi connectivity index (χ0) is 14.7. The Hall–Kier alpha value is -1.81. The van der Waals surface area contributed by atoms with Gasteiger partial charge in [0, 0.05) is 25.5 Å². The molecule has 1 aliphatic rings. The highest BCUT2D eigenvalue weighted by Crippen LogP contribution is 2.35. The van der Waals surface area contributed by atoms with Crippen molar-refractivity contribution < 1.29 is 4.74 Å². The van der Waals surface area contributed by atoms with Gasteiger partial charge in [0.25, 0.3) is 0 Å². The van der Waals surface area contributed by atoms with Crippen LogP contribution in [0.4, 0.5) is 0 Å². The largest absolute Gasteiger partial charge is 0.485 e. The molecular formula is C17H23N3O. The predicted octanol–water partition coefficient (Wildman–Crippen LogP) is 2.99. The summed E-state index contributed by atoms with van der Waals surface area (Å²) < 4.78 is 8.04. The van der Waals surface area contributed by atoms with E-state index in [0.29, 0.717) is 12.6 Å². The first-order valence-corrected chi connectivity index (χ1v) is 7.73. The summed E-state index contributed by atoms with van der Waals surface area (Å²) in [7, 11) is 1.99. The monoisotopic (exact) mass is 285 g/mol. The second kappa shape index (κ2) is 6.31. The maximum absolute atomic E-state index is 6.04. The van der Waals surface area contributed by atoms with Gasteiger partial charge in [0.05, 0.1) is 0 Å². The number of benzene rings is 1. The number of nitrogens with one attached hydrogen (secondary N) is 1. The lowest BCUT2D eigenvalue weighted by molar-refractivity contribution is 0.286. The van der Waals surface area contributed by atoms with Crippen molar-refractivity contribution in [3.63, 3.8) is 0 Å². The third-order valence-corrected chi connectivity index (χ3v) is 4.19. The number of hydrogen-bond acceptors (Lipinski definition) is 3. The van der Waals surface area contributed by atoms with Gasteiger partial charge in [0.15, 0.2) is 0 Å². The van der Waals surface area contributed by atoms with E-state index in [0.717, 1.165) is 24.5 Å². The minimum atomic E-state index is 0.468. The molecule has 0 bridgehead atoms. The van der Waals surface area contributed by atoms with Gasteiger partial charge in [-0.15, -0.1) is 0 Å². The second-order valence-corrected chi connectivity index (χ2v) is 5.57. The second-order valence-electron chi connectivity index (χ2n) is 5.57. The maximum atomic E-state index is 6.04. The number of nitrogens with zero attached hydrogens (tertiary/aromatic N) is 2. The number of ether oxygens (including phenoxy) is 1. The first-order valence-electron chi connectivity index (χ1n) is 7.73. The van der Waals surface area contributed by atoms with Crippen molar-refractivity contribution in [3.8, 4) is 5.75 Å². The molecule has 112 valence electrons. The number of fused-ring (bicyclic) bond motifs is 1. The first kappa shape index (κ1) is 14.1. The van der Waals surface area contributed by atoms with Crippen LogP contribution >= 0.6 is 0 Å². The number of aryl methyl sites for hydroxylation is 1. The van der Waals surface area contributed by atoms with Crippen molar-refractivity contribution in [1.29, 1.82) is 0 Å². The van der Waals surface area contributed by atoms with Gasteiger partial charge in [-0.1, -0.05) is 19.1 Å². The molecule has 0 saturated heterocycles. The van der Waals surface area contributed by atoms with Crippen molar-refractivity contribution in [2.45, 2.75) is 38.8 Å². The van der Waals surface area contributed by atoms with Crippen LogP contribution in [-0.4, -0.2) is 16.1 Å². The summed E-state index contributed by atoms with van der Waals surface area (Å²) in [6.07, 6.45) is 7.28. The van der Waals surface area contributed by atoms with Crippen LogP contribution in [0.5, 0.6) is 5.75 Å². The average molecular weight is 285 g/mol. The van der Waals surface area contributed by atoms with E-state index in [-0.39, 0.29) is 0 Å². The van der Waals surface area contributed by atoms with Crippen LogP contribution in [0, 0.1) is 0 Å². The van der Waals surface area contributed by atoms with Gasteiger partial charge < -0.3 is 14.6 Å². The SMILES string of the molecule is CCNC1CCCc2c(OCc3nccn3C)cccc21. The molecule has 1 N–H and O–H groups in total. The summed E-state index contributed by atoms with van der Waals surface area (Å²) in [4.78, 5) is 4.31. The van der Waals surface area contributed by atoms with E-state index in [1.165, 1.54) is 24.0 Å². The van der Waals surface area contributed by atoms with Crippen molar-refractivity contribution in [2.75, 3.05) is 6.54 Å². The highest BCUT2D eigenvalue weighted by Gasteiger charge is 2.22. The Morgan fingerprint density at radius 2 is 2.33 bits per heavy atom. The molecule has 1 unspecified atom stereocenters. The van der Waals surface area contributed by atoms with Crippen molar-refractivity contribution in [3.05, 3.63) is 47.5 Å². The lowest BCUT2D eigenvalue weighted by Crippen LogP contribution is -2.25. The Labute approximate surface area is 126 Å². The molecule has 1 atom stereocenters. The van der Waals surface area contributed by atoms with Crippen molar-refractivity contribution in [2.24, 2.45) is 7.05 Å². The minimum absolute atomic E-state index is 0.468. The van der Waals surface area contributed by atoms with Crippen LogP contribution in [0.1, 0.15) is 42.8 Å². The molecule has 0 aliphatic heterocycles. The molecule has 1 aromatic carbocycles. The molecule has 0 amide bonds. The number of hydrogen-bond donors (Lipinski definition) is 1. The van der Waals surface area contributed by atoms with Crippen LogP contribution in [0.15, 0.2) is 30.6 Å². The molecule has 1 aliphatic carbocycles. The van der Waals surface area contributed by atoms with Crippen LogP contribution in [-0.2, 0) is 20.1 Å². The standard InChI is InChI=1S/C17H23N3O/c1-3-18-15-8-4-7-14-13(15)6-5-9-16(14)21-12-17-19-10-11-20(17)2/h5-6,9-11,15,18H,3-4,7-8,12H2,1-2H3. The predicted molar refractivity (Wildman–Crippen MR) is 83.3 cm³/mol. The highest BCUT2D eigenvalue weighted by molar-refractivity contribution is 5.43. The Morgan fingerprint density at radius 3 is 3.10 bits per heavy atom. The minimum Gasteiger partial charge on any atom is -0.485 e. The summed E-state index contributed by atoms with van der Waals surface area (Å²) in [6, 6.07) is 6.88. The van der Waals surface area contributed by atoms with Crippen molar-refractivity contribution in [1.82, 2.24) is 14.9 Å². The van der Waals surface area contributed by atoms with E-state index in [4.69, 9.17) is 4.74 Å². The molecule has 0 fully saturated rings. The maximum Gasteiger partial charge on any atom is 0.146 e. The molecule has 1 heterocycles. The fourth-order valence-electron chi connectivity index (χ4n) is 3.09. The Balaban J connectivity index is 1.80. The van der Waals surface area contributed by atoms with E-state index in [1.54, 1.807) is 6.20 Å². The number of rotatable bonds is 5. The van der Waals surface area contributed by atoms with Crippen LogP contribution < -0.4 is 10.1 Å². The normalized spacial score (nSPS) is 17.5. The molecule has 4 heteroatoms. The highest BCUT2D eigenvalue weighted by atomic mass is 16.5. The summed E-state index contributed by atoms with van der Waals surface area (Å²) in [5.74, 6) is 1.96. The molecule has 21 heavy (non-hydrogen) atoms. The van der Waals surface area contributed by atoms with Gasteiger partial charge >= 0.3 is 0 Å². The smallest absolute Gasteiger partial charge is 0.146 e.